The zero-order valence-electron chi connectivity index (χ0n) is 8.07. The molecular formula is C9H18N2O2. The summed E-state index contributed by atoms with van der Waals surface area (Å²) in [5, 5.41) is 9.06. The first-order valence-corrected chi connectivity index (χ1v) is 4.73. The average Bonchev–Trinajstić information content (AvgIpc) is 1.98. The van der Waals surface area contributed by atoms with Crippen molar-refractivity contribution >= 4 is 5.91 Å². The largest absolute Gasteiger partial charge is 0.393 e. The van der Waals surface area contributed by atoms with Gasteiger partial charge in [-0.1, -0.05) is 0 Å². The van der Waals surface area contributed by atoms with Crippen LogP contribution in [0.25, 0.3) is 0 Å². The molecule has 0 bridgehead atoms. The minimum absolute atomic E-state index is 0.0884. The Morgan fingerprint density at radius 1 is 1.62 bits per heavy atom. The van der Waals surface area contributed by atoms with Gasteiger partial charge in [0.25, 0.3) is 0 Å². The van der Waals surface area contributed by atoms with Crippen LogP contribution >= 0.6 is 0 Å². The summed E-state index contributed by atoms with van der Waals surface area (Å²) in [6, 6.07) is 0. The van der Waals surface area contributed by atoms with Crippen molar-refractivity contribution in [3.05, 3.63) is 0 Å². The van der Waals surface area contributed by atoms with Crippen molar-refractivity contribution in [2.45, 2.75) is 25.4 Å². The number of rotatable bonds is 5. The van der Waals surface area contributed by atoms with Crippen LogP contribution in [0.4, 0.5) is 0 Å². The Balaban J connectivity index is 2.04. The topological polar surface area (TPSA) is 66.6 Å². The van der Waals surface area contributed by atoms with E-state index in [1.807, 2.05) is 7.05 Å². The second kappa shape index (κ2) is 4.58. The van der Waals surface area contributed by atoms with Gasteiger partial charge in [0.05, 0.1) is 6.10 Å². The molecule has 0 aromatic rings. The smallest absolute Gasteiger partial charge is 0.218 e. The number of amides is 1. The highest BCUT2D eigenvalue weighted by atomic mass is 16.3. The molecule has 0 spiro atoms. The normalized spacial score (nSPS) is 27.3. The zero-order chi connectivity index (χ0) is 9.84. The maximum absolute atomic E-state index is 10.5. The standard InChI is InChI=1S/C9H18N2O2/c1-11(3-2-9(10)13)6-7-4-8(12)5-7/h7-8,12H,2-6H2,1H3,(H2,10,13). The number of hydrogen-bond acceptors (Lipinski definition) is 3. The van der Waals surface area contributed by atoms with Crippen LogP contribution in [0.2, 0.25) is 0 Å². The van der Waals surface area contributed by atoms with Gasteiger partial charge in [-0.2, -0.15) is 0 Å². The van der Waals surface area contributed by atoms with Crippen LogP contribution in [0.15, 0.2) is 0 Å². The third-order valence-electron chi connectivity index (χ3n) is 2.52. The van der Waals surface area contributed by atoms with Gasteiger partial charge in [0.1, 0.15) is 0 Å². The average molecular weight is 186 g/mol. The van der Waals surface area contributed by atoms with Gasteiger partial charge in [0, 0.05) is 19.5 Å². The summed E-state index contributed by atoms with van der Waals surface area (Å²) in [6.07, 6.45) is 2.14. The van der Waals surface area contributed by atoms with Gasteiger partial charge in [0.2, 0.25) is 5.91 Å². The van der Waals surface area contributed by atoms with Crippen LogP contribution in [0.5, 0.6) is 0 Å². The van der Waals surface area contributed by atoms with Crippen LogP contribution in [0.1, 0.15) is 19.3 Å². The Hall–Kier alpha value is -0.610. The van der Waals surface area contributed by atoms with Gasteiger partial charge in [-0.3, -0.25) is 4.79 Å². The van der Waals surface area contributed by atoms with Crippen LogP contribution in [0.3, 0.4) is 0 Å². The summed E-state index contributed by atoms with van der Waals surface area (Å²) in [5.74, 6) is 0.355. The zero-order valence-corrected chi connectivity index (χ0v) is 8.07. The van der Waals surface area contributed by atoms with E-state index in [9.17, 15) is 4.79 Å². The van der Waals surface area contributed by atoms with E-state index in [2.05, 4.69) is 4.90 Å². The van der Waals surface area contributed by atoms with E-state index in [4.69, 9.17) is 10.8 Å². The Bertz CT molecular complexity index is 178. The fourth-order valence-electron chi connectivity index (χ4n) is 1.68. The van der Waals surface area contributed by atoms with Gasteiger partial charge >= 0.3 is 0 Å². The van der Waals surface area contributed by atoms with Crippen LogP contribution < -0.4 is 5.73 Å². The third kappa shape index (κ3) is 3.74. The first kappa shape index (κ1) is 10.5. The maximum Gasteiger partial charge on any atom is 0.218 e. The summed E-state index contributed by atoms with van der Waals surface area (Å²) in [5.41, 5.74) is 5.03. The molecule has 0 aromatic carbocycles. The predicted molar refractivity (Wildman–Crippen MR) is 50.0 cm³/mol. The lowest BCUT2D eigenvalue weighted by Crippen LogP contribution is -2.38. The fraction of sp³-hybridized carbons (Fsp3) is 0.889. The Kier molecular flexibility index (Phi) is 3.69. The highest BCUT2D eigenvalue weighted by molar-refractivity contribution is 5.73. The second-order valence-corrected chi connectivity index (χ2v) is 3.97. The number of carbonyl (C=O) groups excluding carboxylic acids is 1. The molecule has 0 atom stereocenters. The van der Waals surface area contributed by atoms with Crippen molar-refractivity contribution in [2.75, 3.05) is 20.1 Å². The van der Waals surface area contributed by atoms with Gasteiger partial charge in [-0.05, 0) is 25.8 Å². The first-order valence-electron chi connectivity index (χ1n) is 4.73. The molecule has 76 valence electrons. The minimum atomic E-state index is -0.250. The molecule has 1 saturated carbocycles. The molecule has 1 rings (SSSR count). The predicted octanol–water partition coefficient (Wildman–Crippen LogP) is -0.435. The summed E-state index contributed by atoms with van der Waals surface area (Å²) < 4.78 is 0. The van der Waals surface area contributed by atoms with E-state index in [-0.39, 0.29) is 12.0 Å². The van der Waals surface area contributed by atoms with E-state index < -0.39 is 0 Å². The number of aliphatic hydroxyl groups is 1. The lowest BCUT2D eigenvalue weighted by atomic mass is 9.82. The molecule has 4 nitrogen and oxygen atoms in total. The second-order valence-electron chi connectivity index (χ2n) is 3.97. The van der Waals surface area contributed by atoms with Crippen molar-refractivity contribution in [3.8, 4) is 0 Å². The van der Waals surface area contributed by atoms with Crippen LogP contribution in [-0.2, 0) is 4.79 Å². The number of nitrogens with zero attached hydrogens (tertiary/aromatic N) is 1. The van der Waals surface area contributed by atoms with Crippen molar-refractivity contribution in [3.63, 3.8) is 0 Å². The number of hydrogen-bond donors (Lipinski definition) is 2. The lowest BCUT2D eigenvalue weighted by molar-refractivity contribution is -0.118. The Morgan fingerprint density at radius 2 is 2.23 bits per heavy atom. The molecule has 0 aromatic heterocycles. The molecule has 3 N–H and O–H groups in total. The van der Waals surface area contributed by atoms with E-state index in [1.165, 1.54) is 0 Å². The molecule has 0 saturated heterocycles. The van der Waals surface area contributed by atoms with E-state index >= 15 is 0 Å². The monoisotopic (exact) mass is 186 g/mol. The van der Waals surface area contributed by atoms with E-state index in [0.29, 0.717) is 12.3 Å². The van der Waals surface area contributed by atoms with Crippen molar-refractivity contribution < 1.29 is 9.90 Å². The summed E-state index contributed by atoms with van der Waals surface area (Å²) in [4.78, 5) is 12.6. The molecule has 0 unspecified atom stereocenters. The summed E-state index contributed by atoms with van der Waals surface area (Å²) >= 11 is 0. The molecule has 0 heterocycles. The van der Waals surface area contributed by atoms with Gasteiger partial charge in [-0.15, -0.1) is 0 Å². The number of nitrogens with two attached hydrogens (primary N) is 1. The Morgan fingerprint density at radius 3 is 2.69 bits per heavy atom. The van der Waals surface area contributed by atoms with E-state index in [1.54, 1.807) is 0 Å². The van der Waals surface area contributed by atoms with Gasteiger partial charge < -0.3 is 15.7 Å². The summed E-state index contributed by atoms with van der Waals surface area (Å²) in [7, 11) is 1.98. The Labute approximate surface area is 78.7 Å². The number of primary amides is 1. The van der Waals surface area contributed by atoms with Gasteiger partial charge in [-0.25, -0.2) is 0 Å². The van der Waals surface area contributed by atoms with E-state index in [0.717, 1.165) is 25.9 Å². The number of carbonyl (C=O) groups is 1. The SMILES string of the molecule is CN(CCC(N)=O)CC1CC(O)C1. The third-order valence-corrected chi connectivity index (χ3v) is 2.52. The molecule has 4 heteroatoms. The molecule has 0 radical (unpaired) electrons. The van der Waals surface area contributed by atoms with Gasteiger partial charge in [0.15, 0.2) is 0 Å². The summed E-state index contributed by atoms with van der Waals surface area (Å²) in [6.45, 7) is 1.69. The fourth-order valence-corrected chi connectivity index (χ4v) is 1.68. The molecule has 0 aliphatic heterocycles. The minimum Gasteiger partial charge on any atom is -0.393 e. The van der Waals surface area contributed by atoms with Crippen molar-refractivity contribution in [2.24, 2.45) is 11.7 Å². The molecular weight excluding hydrogens is 168 g/mol. The van der Waals surface area contributed by atoms with Crippen LogP contribution in [-0.4, -0.2) is 42.2 Å². The highest BCUT2D eigenvalue weighted by Crippen LogP contribution is 2.27. The lowest BCUT2D eigenvalue weighted by Gasteiger charge is -2.34. The van der Waals surface area contributed by atoms with Crippen molar-refractivity contribution in [1.29, 1.82) is 0 Å². The van der Waals surface area contributed by atoms with Crippen LogP contribution in [0, 0.1) is 5.92 Å². The highest BCUT2D eigenvalue weighted by Gasteiger charge is 2.27. The molecule has 1 amide bonds. The molecule has 1 fully saturated rings. The first-order chi connectivity index (χ1) is 6.08. The number of aliphatic hydroxyl groups excluding tert-OH is 1. The quantitative estimate of drug-likeness (QED) is 0.612. The molecule has 1 aliphatic rings. The maximum atomic E-state index is 10.5. The van der Waals surface area contributed by atoms with Crippen molar-refractivity contribution in [1.82, 2.24) is 4.90 Å². The molecule has 13 heavy (non-hydrogen) atoms. The molecule has 1 aliphatic carbocycles.